The summed E-state index contributed by atoms with van der Waals surface area (Å²) in [6.07, 6.45) is 5.66. The van der Waals surface area contributed by atoms with E-state index < -0.39 is 0 Å². The predicted molar refractivity (Wildman–Crippen MR) is 72.4 cm³/mol. The largest absolute Gasteiger partial charge is 0.383 e. The first-order chi connectivity index (χ1) is 8.76. The van der Waals surface area contributed by atoms with Crippen LogP contribution in [-0.2, 0) is 9.53 Å². The van der Waals surface area contributed by atoms with Crippen molar-refractivity contribution in [2.45, 2.75) is 38.1 Å². The number of nitrogens with two attached hydrogens (primary N) is 1. The molecule has 0 aromatic rings. The second-order valence-corrected chi connectivity index (χ2v) is 4.96. The van der Waals surface area contributed by atoms with Crippen molar-refractivity contribution in [2.75, 3.05) is 39.9 Å². The van der Waals surface area contributed by atoms with Gasteiger partial charge in [-0.2, -0.15) is 0 Å². The zero-order chi connectivity index (χ0) is 13.2. The summed E-state index contributed by atoms with van der Waals surface area (Å²) in [6.45, 7) is 3.42. The fourth-order valence-corrected chi connectivity index (χ4v) is 2.35. The Bertz CT molecular complexity index is 222. The molecule has 1 aliphatic carbocycles. The van der Waals surface area contributed by atoms with E-state index >= 15 is 0 Å². The Morgan fingerprint density at radius 2 is 2.11 bits per heavy atom. The first-order valence-electron chi connectivity index (χ1n) is 6.97. The minimum Gasteiger partial charge on any atom is -0.383 e. The van der Waals surface area contributed by atoms with Crippen molar-refractivity contribution in [3.05, 3.63) is 0 Å². The number of rotatable bonds is 9. The van der Waals surface area contributed by atoms with E-state index in [9.17, 15) is 4.79 Å². The number of hydrogen-bond acceptors (Lipinski definition) is 4. The van der Waals surface area contributed by atoms with E-state index in [1.807, 2.05) is 0 Å². The Balaban J connectivity index is 2.25. The van der Waals surface area contributed by atoms with Crippen LogP contribution in [0.15, 0.2) is 0 Å². The molecule has 1 saturated carbocycles. The number of carbonyl (C=O) groups excluding carboxylic acids is 1. The van der Waals surface area contributed by atoms with Gasteiger partial charge >= 0.3 is 0 Å². The highest BCUT2D eigenvalue weighted by Gasteiger charge is 2.18. The van der Waals surface area contributed by atoms with Crippen molar-refractivity contribution < 1.29 is 9.53 Å². The molecule has 0 heterocycles. The predicted octanol–water partition coefficient (Wildman–Crippen LogP) is 0.342. The van der Waals surface area contributed by atoms with Crippen molar-refractivity contribution in [3.8, 4) is 0 Å². The van der Waals surface area contributed by atoms with Gasteiger partial charge in [0.15, 0.2) is 0 Å². The number of ether oxygens (including phenoxy) is 1. The molecule has 0 unspecified atom stereocenters. The Kier molecular flexibility index (Phi) is 7.96. The Hall–Kier alpha value is -0.650. The molecule has 1 amide bonds. The van der Waals surface area contributed by atoms with E-state index in [2.05, 4.69) is 10.2 Å². The molecule has 5 nitrogen and oxygen atoms in total. The van der Waals surface area contributed by atoms with Gasteiger partial charge in [-0.15, -0.1) is 0 Å². The summed E-state index contributed by atoms with van der Waals surface area (Å²) in [5.41, 5.74) is 5.51. The maximum Gasteiger partial charge on any atom is 0.234 e. The van der Waals surface area contributed by atoms with E-state index in [1.54, 1.807) is 7.11 Å². The molecule has 0 atom stereocenters. The number of methoxy groups -OCH3 is 1. The van der Waals surface area contributed by atoms with Crippen LogP contribution in [-0.4, -0.2) is 56.7 Å². The molecule has 0 saturated heterocycles. The Morgan fingerprint density at radius 1 is 1.39 bits per heavy atom. The maximum absolute atomic E-state index is 11.9. The minimum absolute atomic E-state index is 0.134. The van der Waals surface area contributed by atoms with Crippen molar-refractivity contribution in [1.29, 1.82) is 0 Å². The third-order valence-corrected chi connectivity index (χ3v) is 3.38. The summed E-state index contributed by atoms with van der Waals surface area (Å²) in [4.78, 5) is 14.0. The second-order valence-electron chi connectivity index (χ2n) is 4.96. The summed E-state index contributed by atoms with van der Waals surface area (Å²) in [7, 11) is 1.68. The van der Waals surface area contributed by atoms with Gasteiger partial charge in [0.05, 0.1) is 13.2 Å². The highest BCUT2D eigenvalue weighted by molar-refractivity contribution is 5.78. The van der Waals surface area contributed by atoms with Crippen molar-refractivity contribution >= 4 is 5.91 Å². The molecule has 0 bridgehead atoms. The Labute approximate surface area is 110 Å². The fourth-order valence-electron chi connectivity index (χ4n) is 2.35. The normalized spacial score (nSPS) is 16.4. The molecule has 1 rings (SSSR count). The average Bonchev–Trinajstić information content (AvgIpc) is 2.85. The molecular weight excluding hydrogens is 230 g/mol. The van der Waals surface area contributed by atoms with Gasteiger partial charge in [-0.25, -0.2) is 0 Å². The molecule has 18 heavy (non-hydrogen) atoms. The van der Waals surface area contributed by atoms with Crippen LogP contribution >= 0.6 is 0 Å². The Morgan fingerprint density at radius 3 is 2.72 bits per heavy atom. The van der Waals surface area contributed by atoms with Gasteiger partial charge in [0.25, 0.3) is 0 Å². The van der Waals surface area contributed by atoms with Crippen LogP contribution < -0.4 is 11.1 Å². The number of hydrogen-bond donors (Lipinski definition) is 2. The zero-order valence-corrected chi connectivity index (χ0v) is 11.5. The molecule has 0 aromatic carbocycles. The molecule has 1 fully saturated rings. The number of nitrogens with zero attached hydrogens (tertiary/aromatic N) is 1. The topological polar surface area (TPSA) is 67.6 Å². The smallest absolute Gasteiger partial charge is 0.234 e. The summed E-state index contributed by atoms with van der Waals surface area (Å²) in [6, 6.07) is 0.399. The molecule has 0 spiro atoms. The van der Waals surface area contributed by atoms with Crippen LogP contribution in [0, 0.1) is 0 Å². The fraction of sp³-hybridized carbons (Fsp3) is 0.923. The second kappa shape index (κ2) is 9.30. The van der Waals surface area contributed by atoms with E-state index in [0.29, 0.717) is 25.7 Å². The number of amides is 1. The lowest BCUT2D eigenvalue weighted by atomic mass is 10.2. The summed E-state index contributed by atoms with van der Waals surface area (Å²) >= 11 is 0. The first kappa shape index (κ1) is 15.4. The molecule has 0 radical (unpaired) electrons. The summed E-state index contributed by atoms with van der Waals surface area (Å²) in [5, 5.41) is 3.11. The van der Waals surface area contributed by atoms with Gasteiger partial charge < -0.3 is 15.8 Å². The van der Waals surface area contributed by atoms with E-state index in [1.165, 1.54) is 12.8 Å². The van der Waals surface area contributed by atoms with E-state index in [0.717, 1.165) is 32.4 Å². The SMILES string of the molecule is COCCN(CCCN)CC(=O)NC1CCCC1. The lowest BCUT2D eigenvalue weighted by molar-refractivity contribution is -0.123. The van der Waals surface area contributed by atoms with Gasteiger partial charge in [-0.05, 0) is 32.4 Å². The molecule has 1 aliphatic rings. The van der Waals surface area contributed by atoms with Gasteiger partial charge in [-0.3, -0.25) is 9.69 Å². The highest BCUT2D eigenvalue weighted by atomic mass is 16.5. The highest BCUT2D eigenvalue weighted by Crippen LogP contribution is 2.17. The maximum atomic E-state index is 11.9. The lowest BCUT2D eigenvalue weighted by Gasteiger charge is -2.22. The van der Waals surface area contributed by atoms with E-state index in [4.69, 9.17) is 10.5 Å². The molecule has 106 valence electrons. The summed E-state index contributed by atoms with van der Waals surface area (Å²) < 4.78 is 5.06. The standard InChI is InChI=1S/C13H27N3O2/c1-18-10-9-16(8-4-7-14)11-13(17)15-12-5-2-3-6-12/h12H,2-11,14H2,1H3,(H,15,17). The summed E-state index contributed by atoms with van der Waals surface area (Å²) in [5.74, 6) is 0.134. The van der Waals surface area contributed by atoms with Crippen LogP contribution in [0.3, 0.4) is 0 Å². The van der Waals surface area contributed by atoms with Gasteiger partial charge in [0.1, 0.15) is 0 Å². The van der Waals surface area contributed by atoms with Crippen LogP contribution in [0.1, 0.15) is 32.1 Å². The van der Waals surface area contributed by atoms with Gasteiger partial charge in [-0.1, -0.05) is 12.8 Å². The lowest BCUT2D eigenvalue weighted by Crippen LogP contribution is -2.42. The third kappa shape index (κ3) is 6.33. The van der Waals surface area contributed by atoms with Crippen LogP contribution in [0.25, 0.3) is 0 Å². The number of carbonyl (C=O) groups is 1. The molecule has 0 aliphatic heterocycles. The van der Waals surface area contributed by atoms with Crippen molar-refractivity contribution in [2.24, 2.45) is 5.73 Å². The zero-order valence-electron chi connectivity index (χ0n) is 11.5. The first-order valence-corrected chi connectivity index (χ1v) is 6.97. The molecular formula is C13H27N3O2. The third-order valence-electron chi connectivity index (χ3n) is 3.38. The molecule has 0 aromatic heterocycles. The van der Waals surface area contributed by atoms with Crippen molar-refractivity contribution in [3.63, 3.8) is 0 Å². The van der Waals surface area contributed by atoms with E-state index in [-0.39, 0.29) is 5.91 Å². The quantitative estimate of drug-likeness (QED) is 0.625. The average molecular weight is 257 g/mol. The van der Waals surface area contributed by atoms with Crippen molar-refractivity contribution in [1.82, 2.24) is 10.2 Å². The van der Waals surface area contributed by atoms with Crippen LogP contribution in [0.2, 0.25) is 0 Å². The molecule has 5 heteroatoms. The number of nitrogens with one attached hydrogen (secondary N) is 1. The monoisotopic (exact) mass is 257 g/mol. The minimum atomic E-state index is 0.134. The van der Waals surface area contributed by atoms with Crippen LogP contribution in [0.4, 0.5) is 0 Å². The van der Waals surface area contributed by atoms with Gasteiger partial charge in [0, 0.05) is 19.7 Å². The van der Waals surface area contributed by atoms with Gasteiger partial charge in [0.2, 0.25) is 5.91 Å². The molecule has 3 N–H and O–H groups in total. The van der Waals surface area contributed by atoms with Crippen LogP contribution in [0.5, 0.6) is 0 Å².